The number of carbonyl (C=O) groups excluding carboxylic acids is 3. The van der Waals surface area contributed by atoms with Crippen molar-refractivity contribution < 1.29 is 23.9 Å². The Bertz CT molecular complexity index is 614. The maximum atomic E-state index is 12.4. The molecule has 2 atom stereocenters. The van der Waals surface area contributed by atoms with Gasteiger partial charge in [-0.2, -0.15) is 0 Å². The number of esters is 1. The largest absolute Gasteiger partial charge is 0.467 e. The molecule has 1 amide bonds. The number of hydrogen-bond donors (Lipinski definition) is 0. The van der Waals surface area contributed by atoms with Crippen LogP contribution in [-0.4, -0.2) is 41.4 Å². The number of benzene rings is 1. The highest BCUT2D eigenvalue weighted by Gasteiger charge is 2.64. The summed E-state index contributed by atoms with van der Waals surface area (Å²) < 4.78 is 10.1. The van der Waals surface area contributed by atoms with Crippen molar-refractivity contribution in [1.82, 2.24) is 4.90 Å². The molecule has 2 saturated heterocycles. The molecule has 1 aromatic rings. The van der Waals surface area contributed by atoms with E-state index in [9.17, 15) is 14.4 Å². The van der Waals surface area contributed by atoms with Gasteiger partial charge in [0.05, 0.1) is 13.2 Å². The predicted molar refractivity (Wildman–Crippen MR) is 75.9 cm³/mol. The number of methoxy groups -OCH3 is 1. The molecule has 0 radical (unpaired) electrons. The molecule has 2 bridgehead atoms. The zero-order valence-electron chi connectivity index (χ0n) is 12.3. The van der Waals surface area contributed by atoms with Crippen molar-refractivity contribution in [3.05, 3.63) is 35.9 Å². The Hall–Kier alpha value is -2.37. The summed E-state index contributed by atoms with van der Waals surface area (Å²) in [6.45, 7) is 0.105. The smallest absolute Gasteiger partial charge is 0.411 e. The van der Waals surface area contributed by atoms with Crippen LogP contribution in [0.4, 0.5) is 4.79 Å². The van der Waals surface area contributed by atoms with Crippen LogP contribution in [0, 0.1) is 0 Å². The minimum absolute atomic E-state index is 0.0186. The topological polar surface area (TPSA) is 72.9 Å². The van der Waals surface area contributed by atoms with Crippen molar-refractivity contribution in [3.63, 3.8) is 0 Å². The highest BCUT2D eigenvalue weighted by Crippen LogP contribution is 2.45. The first-order chi connectivity index (χ1) is 10.6. The molecule has 0 spiro atoms. The van der Waals surface area contributed by atoms with Gasteiger partial charge in [0.15, 0.2) is 11.3 Å². The Balaban J connectivity index is 1.76. The van der Waals surface area contributed by atoms with Gasteiger partial charge in [-0.1, -0.05) is 30.3 Å². The predicted octanol–water partition coefficient (Wildman–Crippen LogP) is 1.67. The van der Waals surface area contributed by atoms with Gasteiger partial charge in [-0.15, -0.1) is 0 Å². The molecule has 3 rings (SSSR count). The van der Waals surface area contributed by atoms with Gasteiger partial charge in [0.2, 0.25) is 0 Å². The molecule has 0 aromatic heterocycles. The third kappa shape index (κ3) is 2.15. The third-order valence-electron chi connectivity index (χ3n) is 4.41. The highest BCUT2D eigenvalue weighted by molar-refractivity contribution is 6.02. The van der Waals surface area contributed by atoms with Crippen LogP contribution < -0.4 is 0 Å². The number of amides is 1. The van der Waals surface area contributed by atoms with Crippen molar-refractivity contribution in [1.29, 1.82) is 0 Å². The van der Waals surface area contributed by atoms with Crippen LogP contribution in [0.25, 0.3) is 0 Å². The van der Waals surface area contributed by atoms with E-state index in [1.165, 1.54) is 12.0 Å². The number of rotatable bonds is 3. The van der Waals surface area contributed by atoms with Gasteiger partial charge in [0.25, 0.3) is 0 Å². The average Bonchev–Trinajstić information content (AvgIpc) is 3.06. The van der Waals surface area contributed by atoms with E-state index in [1.807, 2.05) is 30.3 Å². The molecular formula is C16H17NO5. The van der Waals surface area contributed by atoms with Gasteiger partial charge in [0, 0.05) is 6.42 Å². The second-order valence-corrected chi connectivity index (χ2v) is 5.63. The van der Waals surface area contributed by atoms with E-state index in [4.69, 9.17) is 9.47 Å². The normalized spacial score (nSPS) is 26.1. The molecule has 2 unspecified atom stereocenters. The molecule has 2 aliphatic rings. The monoisotopic (exact) mass is 303 g/mol. The van der Waals surface area contributed by atoms with Gasteiger partial charge in [-0.05, 0) is 18.4 Å². The molecule has 2 fully saturated rings. The Kier molecular flexibility index (Phi) is 3.60. The van der Waals surface area contributed by atoms with Crippen molar-refractivity contribution in [2.45, 2.75) is 37.5 Å². The maximum absolute atomic E-state index is 12.4. The van der Waals surface area contributed by atoms with Crippen LogP contribution in [0.1, 0.15) is 24.8 Å². The lowest BCUT2D eigenvalue weighted by Crippen LogP contribution is -2.51. The fraction of sp³-hybridized carbons (Fsp3) is 0.438. The fourth-order valence-corrected chi connectivity index (χ4v) is 3.36. The van der Waals surface area contributed by atoms with Crippen LogP contribution in [0.5, 0.6) is 0 Å². The van der Waals surface area contributed by atoms with E-state index in [-0.39, 0.29) is 18.8 Å². The van der Waals surface area contributed by atoms with Crippen molar-refractivity contribution in [2.24, 2.45) is 0 Å². The molecule has 0 aliphatic carbocycles. The second-order valence-electron chi connectivity index (χ2n) is 5.63. The molecule has 2 aliphatic heterocycles. The molecule has 116 valence electrons. The highest BCUT2D eigenvalue weighted by atomic mass is 16.6. The lowest BCUT2D eigenvalue weighted by molar-refractivity contribution is -0.152. The van der Waals surface area contributed by atoms with E-state index < -0.39 is 23.6 Å². The van der Waals surface area contributed by atoms with Crippen molar-refractivity contribution in [3.8, 4) is 0 Å². The number of nitrogens with zero attached hydrogens (tertiary/aromatic N) is 1. The van der Waals surface area contributed by atoms with Crippen molar-refractivity contribution >= 4 is 17.8 Å². The lowest BCUT2D eigenvalue weighted by Gasteiger charge is -2.30. The van der Waals surface area contributed by atoms with Crippen LogP contribution in [0.2, 0.25) is 0 Å². The number of Topliss-reactive ketones (excluding diaryl/α,β-unsaturated/α-hetero) is 1. The Morgan fingerprint density at radius 1 is 1.32 bits per heavy atom. The summed E-state index contributed by atoms with van der Waals surface area (Å²) >= 11 is 0. The van der Waals surface area contributed by atoms with Crippen LogP contribution in [0.3, 0.4) is 0 Å². The number of carbonyl (C=O) groups is 3. The Morgan fingerprint density at radius 3 is 2.68 bits per heavy atom. The van der Waals surface area contributed by atoms with Crippen LogP contribution in [0.15, 0.2) is 30.3 Å². The Morgan fingerprint density at radius 2 is 2.05 bits per heavy atom. The third-order valence-corrected chi connectivity index (χ3v) is 4.41. The maximum Gasteiger partial charge on any atom is 0.411 e. The van der Waals surface area contributed by atoms with E-state index in [0.717, 1.165) is 5.56 Å². The van der Waals surface area contributed by atoms with Gasteiger partial charge in [-0.3, -0.25) is 9.69 Å². The molecule has 0 saturated carbocycles. The van der Waals surface area contributed by atoms with E-state index in [0.29, 0.717) is 12.8 Å². The van der Waals surface area contributed by atoms with Gasteiger partial charge in [-0.25, -0.2) is 9.59 Å². The summed E-state index contributed by atoms with van der Waals surface area (Å²) in [5.74, 6) is -0.647. The molecular weight excluding hydrogens is 286 g/mol. The van der Waals surface area contributed by atoms with E-state index in [1.54, 1.807) is 0 Å². The molecule has 22 heavy (non-hydrogen) atoms. The quantitative estimate of drug-likeness (QED) is 0.794. The zero-order valence-corrected chi connectivity index (χ0v) is 12.3. The second kappa shape index (κ2) is 5.44. The van der Waals surface area contributed by atoms with Crippen molar-refractivity contribution in [2.75, 3.05) is 7.11 Å². The minimum atomic E-state index is -1.18. The number of hydrogen-bond acceptors (Lipinski definition) is 5. The first-order valence-corrected chi connectivity index (χ1v) is 7.19. The molecule has 2 heterocycles. The first-order valence-electron chi connectivity index (χ1n) is 7.19. The number of fused-ring (bicyclic) bond motifs is 2. The van der Waals surface area contributed by atoms with Gasteiger partial charge in [0.1, 0.15) is 6.61 Å². The SMILES string of the molecule is COC(=O)C12CCC(C(=O)C1)N2C(=O)OCc1ccccc1. The summed E-state index contributed by atoms with van der Waals surface area (Å²) in [4.78, 5) is 37.8. The fourth-order valence-electron chi connectivity index (χ4n) is 3.36. The van der Waals surface area contributed by atoms with Gasteiger partial charge < -0.3 is 9.47 Å². The summed E-state index contributed by atoms with van der Waals surface area (Å²) in [5, 5.41) is 0. The summed E-state index contributed by atoms with van der Waals surface area (Å²) in [6.07, 6.45) is 0.304. The van der Waals surface area contributed by atoms with Crippen LogP contribution in [-0.2, 0) is 25.7 Å². The first kappa shape index (κ1) is 14.6. The van der Waals surface area contributed by atoms with E-state index in [2.05, 4.69) is 0 Å². The average molecular weight is 303 g/mol. The van der Waals surface area contributed by atoms with Gasteiger partial charge >= 0.3 is 12.1 Å². The van der Waals surface area contributed by atoms with E-state index >= 15 is 0 Å². The number of ketones is 1. The van der Waals surface area contributed by atoms with Crippen LogP contribution >= 0.6 is 0 Å². The standard InChI is InChI=1S/C16H17NO5/c1-21-14(19)16-8-7-12(13(18)9-16)17(16)15(20)22-10-11-5-3-2-4-6-11/h2-6,12H,7-10H2,1H3. The number of ether oxygens (including phenoxy) is 2. The summed E-state index contributed by atoms with van der Waals surface area (Å²) in [5.41, 5.74) is -0.328. The molecule has 1 aromatic carbocycles. The summed E-state index contributed by atoms with van der Waals surface area (Å²) in [6, 6.07) is 8.68. The molecule has 0 N–H and O–H groups in total. The minimum Gasteiger partial charge on any atom is -0.467 e. The summed E-state index contributed by atoms with van der Waals surface area (Å²) in [7, 11) is 1.26. The zero-order chi connectivity index (χ0) is 15.7. The molecule has 6 heteroatoms. The molecule has 6 nitrogen and oxygen atoms in total. The Labute approximate surface area is 128 Å². The lowest BCUT2D eigenvalue weighted by atomic mass is 9.87.